The Hall–Kier alpha value is -1.21. The van der Waals surface area contributed by atoms with Crippen molar-refractivity contribution in [3.05, 3.63) is 48.3 Å². The highest BCUT2D eigenvalue weighted by Gasteiger charge is 2.60. The standard InChI is InChI=1S/C30H42N2O3S/c1-20-3-5-26(22-9-13-34-15-22)31-18-30(12-8-24(20)31)17-29(19-36-30)11-7-25-21(2)4-6-27(32(25)28(29)33)23-10-14-35-16-23/h9-10,13-16,20-21,24-28,33H,3-8,11-12,17-19H2,1-2H3/t20-,21-,24+,25+,26+,27+,28?,29-,30+/m1/s1. The first-order valence-corrected chi connectivity index (χ1v) is 15.4. The van der Waals surface area contributed by atoms with Gasteiger partial charge in [-0.15, -0.1) is 0 Å². The molecule has 7 rings (SSSR count). The molecule has 5 nitrogen and oxygen atoms in total. The molecule has 1 unspecified atom stereocenters. The lowest BCUT2D eigenvalue weighted by Crippen LogP contribution is -2.62. The van der Waals surface area contributed by atoms with Gasteiger partial charge in [-0.05, 0) is 81.8 Å². The average molecular weight is 511 g/mol. The highest BCUT2D eigenvalue weighted by Crippen LogP contribution is 2.62. The summed E-state index contributed by atoms with van der Waals surface area (Å²) in [5.74, 6) is 2.50. The van der Waals surface area contributed by atoms with Gasteiger partial charge in [0.2, 0.25) is 0 Å². The summed E-state index contributed by atoms with van der Waals surface area (Å²) in [6.07, 6.45) is 18.1. The number of thioether (sulfide) groups is 1. The van der Waals surface area contributed by atoms with Crippen molar-refractivity contribution < 1.29 is 13.9 Å². The molecule has 0 amide bonds. The largest absolute Gasteiger partial charge is 0.472 e. The molecule has 36 heavy (non-hydrogen) atoms. The summed E-state index contributed by atoms with van der Waals surface area (Å²) in [4.78, 5) is 5.38. The van der Waals surface area contributed by atoms with E-state index in [4.69, 9.17) is 8.83 Å². The van der Waals surface area contributed by atoms with Crippen LogP contribution < -0.4 is 0 Å². The number of hydrogen-bond acceptors (Lipinski definition) is 6. The summed E-state index contributed by atoms with van der Waals surface area (Å²) < 4.78 is 11.3. The topological polar surface area (TPSA) is 53.0 Å². The maximum Gasteiger partial charge on any atom is 0.114 e. The average Bonchev–Trinajstić information content (AvgIpc) is 3.65. The second-order valence-electron chi connectivity index (χ2n) is 13.0. The van der Waals surface area contributed by atoms with Gasteiger partial charge in [0, 0.05) is 57.8 Å². The van der Waals surface area contributed by atoms with Crippen molar-refractivity contribution in [1.29, 1.82) is 0 Å². The van der Waals surface area contributed by atoms with Crippen LogP contribution in [-0.4, -0.2) is 50.3 Å². The van der Waals surface area contributed by atoms with Crippen LogP contribution in [0, 0.1) is 17.3 Å². The number of aliphatic hydroxyl groups is 1. The van der Waals surface area contributed by atoms with E-state index in [0.29, 0.717) is 24.0 Å². The SMILES string of the molecule is C[C@@H]1CC[C@@H](c2ccoc2)N2C[C@]3(CC[C@@H]12)C[C@]1(CC[C@H]2[C@H](C)CC[C@@H](c4ccoc4)N2C1O)CS3. The molecule has 9 atom stereocenters. The number of piperidine rings is 4. The van der Waals surface area contributed by atoms with Crippen LogP contribution in [0.5, 0.6) is 0 Å². The van der Waals surface area contributed by atoms with Gasteiger partial charge in [-0.1, -0.05) is 13.8 Å². The quantitative estimate of drug-likeness (QED) is 0.490. The molecule has 2 aromatic heterocycles. The van der Waals surface area contributed by atoms with Gasteiger partial charge >= 0.3 is 0 Å². The summed E-state index contributed by atoms with van der Waals surface area (Å²) in [5, 5.41) is 12.2. The van der Waals surface area contributed by atoms with Crippen LogP contribution in [0.3, 0.4) is 0 Å². The van der Waals surface area contributed by atoms with Crippen LogP contribution >= 0.6 is 11.8 Å². The lowest BCUT2D eigenvalue weighted by molar-refractivity contribution is -0.182. The first-order valence-electron chi connectivity index (χ1n) is 14.4. The van der Waals surface area contributed by atoms with E-state index in [1.807, 2.05) is 18.8 Å². The number of furan rings is 2. The minimum absolute atomic E-state index is 0.000408. The molecule has 0 aromatic carbocycles. The normalized spacial score (nSPS) is 45.7. The summed E-state index contributed by atoms with van der Waals surface area (Å²) in [5.41, 5.74) is 2.60. The van der Waals surface area contributed by atoms with Gasteiger partial charge in [-0.3, -0.25) is 9.80 Å². The molecule has 196 valence electrons. The Morgan fingerprint density at radius 3 is 2.25 bits per heavy atom. The van der Waals surface area contributed by atoms with Crippen molar-refractivity contribution in [3.63, 3.8) is 0 Å². The Morgan fingerprint density at radius 2 is 1.53 bits per heavy atom. The molecule has 5 fully saturated rings. The van der Waals surface area contributed by atoms with E-state index in [-0.39, 0.29) is 22.4 Å². The molecule has 7 heterocycles. The molecule has 6 heteroatoms. The fraction of sp³-hybridized carbons (Fsp3) is 0.733. The molecule has 0 aliphatic carbocycles. The summed E-state index contributed by atoms with van der Waals surface area (Å²) >= 11 is 2.20. The minimum Gasteiger partial charge on any atom is -0.472 e. The summed E-state index contributed by atoms with van der Waals surface area (Å²) in [6, 6.07) is 6.21. The molecule has 1 N–H and O–H groups in total. The van der Waals surface area contributed by atoms with Gasteiger partial charge in [-0.2, -0.15) is 11.8 Å². The van der Waals surface area contributed by atoms with Crippen molar-refractivity contribution in [2.24, 2.45) is 17.3 Å². The maximum atomic E-state index is 12.2. The van der Waals surface area contributed by atoms with Gasteiger partial charge in [0.1, 0.15) is 6.23 Å². The predicted octanol–water partition coefficient (Wildman–Crippen LogP) is 6.62. The van der Waals surface area contributed by atoms with Crippen molar-refractivity contribution in [2.75, 3.05) is 12.3 Å². The van der Waals surface area contributed by atoms with Gasteiger partial charge in [-0.25, -0.2) is 0 Å². The third-order valence-electron chi connectivity index (χ3n) is 11.0. The van der Waals surface area contributed by atoms with Crippen LogP contribution in [0.2, 0.25) is 0 Å². The van der Waals surface area contributed by atoms with E-state index in [9.17, 15) is 5.11 Å². The lowest BCUT2D eigenvalue weighted by atomic mass is 9.66. The highest BCUT2D eigenvalue weighted by atomic mass is 32.2. The Labute approximate surface area is 220 Å². The second kappa shape index (κ2) is 8.93. The Kier molecular flexibility index (Phi) is 5.92. The van der Waals surface area contributed by atoms with Crippen molar-refractivity contribution in [3.8, 4) is 0 Å². The van der Waals surface area contributed by atoms with E-state index in [2.05, 4.69) is 47.5 Å². The van der Waals surface area contributed by atoms with E-state index >= 15 is 0 Å². The zero-order valence-corrected chi connectivity index (χ0v) is 22.7. The number of aliphatic hydroxyl groups excluding tert-OH is 1. The highest BCUT2D eigenvalue weighted by molar-refractivity contribution is 8.01. The van der Waals surface area contributed by atoms with Gasteiger partial charge < -0.3 is 13.9 Å². The Bertz CT molecular complexity index is 1040. The van der Waals surface area contributed by atoms with E-state index in [0.717, 1.165) is 37.5 Å². The van der Waals surface area contributed by atoms with Crippen molar-refractivity contribution in [1.82, 2.24) is 9.80 Å². The lowest BCUT2D eigenvalue weighted by Gasteiger charge is -2.57. The molecule has 0 radical (unpaired) electrons. The van der Waals surface area contributed by atoms with Crippen LogP contribution in [0.4, 0.5) is 0 Å². The molecule has 0 bridgehead atoms. The first-order chi connectivity index (χ1) is 17.5. The van der Waals surface area contributed by atoms with E-state index < -0.39 is 0 Å². The second-order valence-corrected chi connectivity index (χ2v) is 14.4. The number of nitrogens with zero attached hydrogens (tertiary/aromatic N) is 2. The molecular weight excluding hydrogens is 468 g/mol. The number of rotatable bonds is 2. The molecule has 2 aromatic rings. The minimum atomic E-state index is -0.367. The molecule has 5 saturated heterocycles. The maximum absolute atomic E-state index is 12.2. The Morgan fingerprint density at radius 1 is 0.861 bits per heavy atom. The summed E-state index contributed by atoms with van der Waals surface area (Å²) in [6.45, 7) is 6.01. The van der Waals surface area contributed by atoms with Crippen LogP contribution in [-0.2, 0) is 0 Å². The Balaban J connectivity index is 1.16. The molecule has 5 aliphatic heterocycles. The first kappa shape index (κ1) is 23.9. The zero-order valence-electron chi connectivity index (χ0n) is 21.9. The molecule has 0 saturated carbocycles. The monoisotopic (exact) mass is 510 g/mol. The van der Waals surface area contributed by atoms with Crippen molar-refractivity contribution >= 4 is 11.8 Å². The predicted molar refractivity (Wildman–Crippen MR) is 143 cm³/mol. The van der Waals surface area contributed by atoms with Crippen LogP contribution in [0.1, 0.15) is 94.8 Å². The third kappa shape index (κ3) is 3.69. The fourth-order valence-electron chi connectivity index (χ4n) is 9.05. The molecule has 5 aliphatic rings. The van der Waals surface area contributed by atoms with Gasteiger partial charge in [0.25, 0.3) is 0 Å². The van der Waals surface area contributed by atoms with Crippen molar-refractivity contribution in [2.45, 2.75) is 107 Å². The van der Waals surface area contributed by atoms with Crippen LogP contribution in [0.25, 0.3) is 0 Å². The molecular formula is C30H42N2O3S. The van der Waals surface area contributed by atoms with E-state index in [1.54, 1.807) is 6.26 Å². The number of hydrogen-bond donors (Lipinski definition) is 1. The molecule has 2 spiro atoms. The van der Waals surface area contributed by atoms with Crippen LogP contribution in [0.15, 0.2) is 46.0 Å². The number of fused-ring (bicyclic) bond motifs is 2. The fourth-order valence-corrected chi connectivity index (χ4v) is 10.9. The van der Waals surface area contributed by atoms with Gasteiger partial charge in [0.15, 0.2) is 0 Å². The van der Waals surface area contributed by atoms with E-state index in [1.165, 1.54) is 49.7 Å². The van der Waals surface area contributed by atoms with Gasteiger partial charge in [0.05, 0.1) is 25.1 Å². The summed E-state index contributed by atoms with van der Waals surface area (Å²) in [7, 11) is 0. The smallest absolute Gasteiger partial charge is 0.114 e. The third-order valence-corrected chi connectivity index (χ3v) is 12.8. The zero-order chi connectivity index (χ0) is 24.5.